The van der Waals surface area contributed by atoms with Gasteiger partial charge in [0.05, 0.1) is 23.5 Å². The number of halogens is 3. The first-order valence-corrected chi connectivity index (χ1v) is 9.91. The van der Waals surface area contributed by atoms with E-state index in [1.165, 1.54) is 6.20 Å². The van der Waals surface area contributed by atoms with Crippen LogP contribution in [-0.2, 0) is 10.1 Å². The van der Waals surface area contributed by atoms with Gasteiger partial charge in [-0.05, 0) is 54.9 Å². The van der Waals surface area contributed by atoms with Crippen molar-refractivity contribution in [2.45, 2.75) is 36.6 Å². The average Bonchev–Trinajstić information content (AvgIpc) is 3.25. The SMILES string of the molecule is N#Cc1cccc(Nc2cnc(OS(=O)(=O)C(F)(F)F)c3c2C2CCC3C2)c1. The highest BCUT2D eigenvalue weighted by Crippen LogP contribution is 2.58. The molecule has 146 valence electrons. The van der Waals surface area contributed by atoms with E-state index in [1.807, 2.05) is 6.07 Å². The summed E-state index contributed by atoms with van der Waals surface area (Å²) in [5.74, 6) is -0.491. The first kappa shape index (κ1) is 18.6. The Morgan fingerprint density at radius 2 is 1.93 bits per heavy atom. The van der Waals surface area contributed by atoms with E-state index in [0.717, 1.165) is 24.8 Å². The van der Waals surface area contributed by atoms with Crippen LogP contribution in [0.1, 0.15) is 47.8 Å². The Balaban J connectivity index is 1.75. The summed E-state index contributed by atoms with van der Waals surface area (Å²) in [6.45, 7) is 0. The van der Waals surface area contributed by atoms with Gasteiger partial charge in [-0.1, -0.05) is 6.07 Å². The Morgan fingerprint density at radius 1 is 1.21 bits per heavy atom. The molecule has 2 aliphatic rings. The fourth-order valence-electron chi connectivity index (χ4n) is 4.00. The minimum Gasteiger partial charge on any atom is -0.355 e. The molecule has 1 aromatic carbocycles. The van der Waals surface area contributed by atoms with Crippen LogP contribution >= 0.6 is 0 Å². The van der Waals surface area contributed by atoms with Gasteiger partial charge in [0.15, 0.2) is 0 Å². The van der Waals surface area contributed by atoms with Crippen molar-refractivity contribution in [2.24, 2.45) is 0 Å². The molecule has 2 aromatic rings. The third kappa shape index (κ3) is 3.05. The standard InChI is InChI=1S/C18H14F3N3O3S/c19-18(20,21)28(25,26)27-17-16-12-5-4-11(7-12)15(16)14(9-23-17)24-13-3-1-2-10(6-13)8-22/h1-3,6,9,11-12,24H,4-5,7H2. The predicted octanol–water partition coefficient (Wildman–Crippen LogP) is 4.29. The quantitative estimate of drug-likeness (QED) is 0.598. The molecule has 1 N–H and O–H groups in total. The Labute approximate surface area is 159 Å². The van der Waals surface area contributed by atoms with Crippen LogP contribution in [0.25, 0.3) is 0 Å². The molecule has 0 spiro atoms. The highest BCUT2D eigenvalue weighted by Gasteiger charge is 2.50. The lowest BCUT2D eigenvalue weighted by Crippen LogP contribution is -2.29. The fraction of sp³-hybridized carbons (Fsp3) is 0.333. The molecule has 2 bridgehead atoms. The first-order valence-electron chi connectivity index (χ1n) is 8.50. The number of hydrogen-bond acceptors (Lipinski definition) is 6. The van der Waals surface area contributed by atoms with Crippen molar-refractivity contribution in [2.75, 3.05) is 5.32 Å². The third-order valence-electron chi connectivity index (χ3n) is 5.11. The summed E-state index contributed by atoms with van der Waals surface area (Å²) >= 11 is 0. The molecule has 0 aliphatic heterocycles. The summed E-state index contributed by atoms with van der Waals surface area (Å²) < 4.78 is 65.4. The number of nitrogens with zero attached hydrogens (tertiary/aromatic N) is 2. The van der Waals surface area contributed by atoms with Crippen molar-refractivity contribution < 1.29 is 25.8 Å². The first-order chi connectivity index (χ1) is 13.2. The molecule has 2 aliphatic carbocycles. The molecule has 2 atom stereocenters. The molecule has 1 fully saturated rings. The van der Waals surface area contributed by atoms with Gasteiger partial charge in [-0.25, -0.2) is 4.98 Å². The zero-order chi connectivity index (χ0) is 20.1. The van der Waals surface area contributed by atoms with Gasteiger partial charge in [0, 0.05) is 11.3 Å². The zero-order valence-electron chi connectivity index (χ0n) is 14.3. The lowest BCUT2D eigenvalue weighted by Gasteiger charge is -2.22. The molecular formula is C18H14F3N3O3S. The summed E-state index contributed by atoms with van der Waals surface area (Å²) in [6.07, 6.45) is 3.60. The van der Waals surface area contributed by atoms with Crippen molar-refractivity contribution in [1.29, 1.82) is 5.26 Å². The van der Waals surface area contributed by atoms with E-state index in [2.05, 4.69) is 14.5 Å². The summed E-state index contributed by atoms with van der Waals surface area (Å²) in [5, 5.41) is 12.2. The monoisotopic (exact) mass is 409 g/mol. The van der Waals surface area contributed by atoms with Crippen molar-refractivity contribution in [1.82, 2.24) is 4.98 Å². The number of nitrogens with one attached hydrogen (secondary N) is 1. The Kier molecular flexibility index (Phi) is 4.23. The maximum Gasteiger partial charge on any atom is 0.534 e. The number of anilines is 2. The number of fused-ring (bicyclic) bond motifs is 5. The van der Waals surface area contributed by atoms with Crippen molar-refractivity contribution in [3.05, 3.63) is 47.2 Å². The van der Waals surface area contributed by atoms with E-state index < -0.39 is 21.5 Å². The largest absolute Gasteiger partial charge is 0.534 e. The maximum atomic E-state index is 12.7. The van der Waals surface area contributed by atoms with Crippen molar-refractivity contribution >= 4 is 21.5 Å². The second kappa shape index (κ2) is 6.38. The number of alkyl halides is 3. The summed E-state index contributed by atoms with van der Waals surface area (Å²) in [4.78, 5) is 3.88. The summed E-state index contributed by atoms with van der Waals surface area (Å²) in [5.41, 5.74) is -2.70. The minimum absolute atomic E-state index is 0.0851. The maximum absolute atomic E-state index is 12.7. The van der Waals surface area contributed by atoms with Crippen LogP contribution in [0.15, 0.2) is 30.5 Å². The molecule has 28 heavy (non-hydrogen) atoms. The highest BCUT2D eigenvalue weighted by molar-refractivity contribution is 7.87. The van der Waals surface area contributed by atoms with Gasteiger partial charge >= 0.3 is 15.6 Å². The van der Waals surface area contributed by atoms with Gasteiger partial charge in [0.25, 0.3) is 0 Å². The van der Waals surface area contributed by atoms with Crippen LogP contribution in [0.4, 0.5) is 24.5 Å². The Hall–Kier alpha value is -2.80. The smallest absolute Gasteiger partial charge is 0.355 e. The lowest BCUT2D eigenvalue weighted by molar-refractivity contribution is -0.0501. The van der Waals surface area contributed by atoms with Crippen LogP contribution in [0.3, 0.4) is 0 Å². The van der Waals surface area contributed by atoms with E-state index >= 15 is 0 Å². The number of pyridine rings is 1. The van der Waals surface area contributed by atoms with E-state index in [0.29, 0.717) is 22.5 Å². The second-order valence-electron chi connectivity index (χ2n) is 6.81. The molecule has 6 nitrogen and oxygen atoms in total. The van der Waals surface area contributed by atoms with Crippen LogP contribution in [-0.4, -0.2) is 18.9 Å². The molecule has 1 saturated carbocycles. The van der Waals surface area contributed by atoms with Gasteiger partial charge in [-0.3, -0.25) is 0 Å². The number of rotatable bonds is 4. The Bertz CT molecular complexity index is 1090. The number of aromatic nitrogens is 1. The molecule has 0 saturated heterocycles. The van der Waals surface area contributed by atoms with E-state index in [1.54, 1.807) is 24.3 Å². The van der Waals surface area contributed by atoms with Crippen LogP contribution in [0.5, 0.6) is 5.88 Å². The predicted molar refractivity (Wildman–Crippen MR) is 93.6 cm³/mol. The molecule has 1 heterocycles. The molecule has 4 rings (SSSR count). The molecule has 2 unspecified atom stereocenters. The van der Waals surface area contributed by atoms with Crippen LogP contribution in [0, 0.1) is 11.3 Å². The van der Waals surface area contributed by atoms with E-state index in [4.69, 9.17) is 5.26 Å². The molecular weight excluding hydrogens is 395 g/mol. The summed E-state index contributed by atoms with van der Waals surface area (Å²) in [7, 11) is -5.79. The molecule has 1 aromatic heterocycles. The highest BCUT2D eigenvalue weighted by atomic mass is 32.2. The van der Waals surface area contributed by atoms with Crippen LogP contribution < -0.4 is 9.50 Å². The van der Waals surface area contributed by atoms with Gasteiger partial charge in [0.2, 0.25) is 5.88 Å². The Morgan fingerprint density at radius 3 is 2.61 bits per heavy atom. The number of benzene rings is 1. The summed E-state index contributed by atoms with van der Waals surface area (Å²) in [6, 6.07) is 8.77. The zero-order valence-corrected chi connectivity index (χ0v) is 15.1. The third-order valence-corrected chi connectivity index (χ3v) is 6.06. The van der Waals surface area contributed by atoms with Crippen molar-refractivity contribution in [3.8, 4) is 11.9 Å². The van der Waals surface area contributed by atoms with E-state index in [9.17, 15) is 21.6 Å². The lowest BCUT2D eigenvalue weighted by atomic mass is 9.91. The van der Waals surface area contributed by atoms with Crippen LogP contribution in [0.2, 0.25) is 0 Å². The minimum atomic E-state index is -5.79. The average molecular weight is 409 g/mol. The van der Waals surface area contributed by atoms with E-state index in [-0.39, 0.29) is 11.8 Å². The molecule has 0 amide bonds. The van der Waals surface area contributed by atoms with Gasteiger partial charge in [-0.2, -0.15) is 26.9 Å². The van der Waals surface area contributed by atoms with Gasteiger partial charge < -0.3 is 9.50 Å². The second-order valence-corrected chi connectivity index (χ2v) is 8.35. The normalized spacial score (nSPS) is 20.5. The number of hydrogen-bond donors (Lipinski definition) is 1. The van der Waals surface area contributed by atoms with Gasteiger partial charge in [0.1, 0.15) is 0 Å². The molecule has 10 heteroatoms. The number of nitriles is 1. The van der Waals surface area contributed by atoms with Crippen molar-refractivity contribution in [3.63, 3.8) is 0 Å². The fourth-order valence-corrected chi connectivity index (χ4v) is 4.44. The molecule has 0 radical (unpaired) electrons. The topological polar surface area (TPSA) is 92.1 Å². The van der Waals surface area contributed by atoms with Gasteiger partial charge in [-0.15, -0.1) is 0 Å².